The lowest BCUT2D eigenvalue weighted by atomic mass is 10.2. The minimum atomic E-state index is 0.665. The van der Waals surface area contributed by atoms with Gasteiger partial charge >= 0.3 is 0 Å². The van der Waals surface area contributed by atoms with Crippen molar-refractivity contribution in [3.05, 3.63) is 35.9 Å². The number of nitrogens with one attached hydrogen (secondary N) is 1. The third kappa shape index (κ3) is 2.55. The second kappa shape index (κ2) is 4.86. The fourth-order valence-electron chi connectivity index (χ4n) is 1.74. The molecule has 5 heteroatoms. The number of anilines is 2. The highest BCUT2D eigenvalue weighted by atomic mass is 15.3. The van der Waals surface area contributed by atoms with Gasteiger partial charge in [0.1, 0.15) is 6.33 Å². The first-order valence-corrected chi connectivity index (χ1v) is 5.67. The smallest absolute Gasteiger partial charge is 0.152 e. The van der Waals surface area contributed by atoms with Crippen LogP contribution in [0.25, 0.3) is 0 Å². The van der Waals surface area contributed by atoms with Crippen LogP contribution in [0.15, 0.2) is 24.5 Å². The summed E-state index contributed by atoms with van der Waals surface area (Å²) in [4.78, 5) is 0. The zero-order valence-electron chi connectivity index (χ0n) is 10.1. The van der Waals surface area contributed by atoms with Crippen LogP contribution in [-0.2, 0) is 13.1 Å². The van der Waals surface area contributed by atoms with Gasteiger partial charge in [-0.05, 0) is 37.6 Å². The number of hydrogen-bond donors (Lipinski definition) is 2. The van der Waals surface area contributed by atoms with Gasteiger partial charge in [0.15, 0.2) is 5.82 Å². The lowest BCUT2D eigenvalue weighted by Gasteiger charge is -2.10. The molecule has 0 saturated carbocycles. The minimum Gasteiger partial charge on any atom is -0.399 e. The summed E-state index contributed by atoms with van der Waals surface area (Å²) in [6.45, 7) is 5.65. The molecule has 1 aromatic carbocycles. The first-order chi connectivity index (χ1) is 8.20. The quantitative estimate of drug-likeness (QED) is 0.787. The maximum Gasteiger partial charge on any atom is 0.152 e. The Morgan fingerprint density at radius 1 is 1.41 bits per heavy atom. The summed E-state index contributed by atoms with van der Waals surface area (Å²) in [6.07, 6.45) is 1.74. The molecule has 0 saturated heterocycles. The molecule has 0 aliphatic rings. The van der Waals surface area contributed by atoms with Gasteiger partial charge in [-0.3, -0.25) is 0 Å². The molecule has 0 atom stereocenters. The maximum atomic E-state index is 5.71. The third-order valence-electron chi connectivity index (χ3n) is 2.72. The molecule has 0 amide bonds. The van der Waals surface area contributed by atoms with E-state index in [0.717, 1.165) is 29.3 Å². The SMILES string of the molecule is CCn1cnnc1CNc1ccc(N)cc1C. The topological polar surface area (TPSA) is 68.8 Å². The summed E-state index contributed by atoms with van der Waals surface area (Å²) < 4.78 is 2.01. The molecule has 0 radical (unpaired) electrons. The van der Waals surface area contributed by atoms with Crippen LogP contribution in [0.3, 0.4) is 0 Å². The first kappa shape index (κ1) is 11.4. The normalized spacial score (nSPS) is 10.5. The summed E-state index contributed by atoms with van der Waals surface area (Å²) in [7, 11) is 0. The average molecular weight is 231 g/mol. The van der Waals surface area contributed by atoms with Crippen LogP contribution in [0.2, 0.25) is 0 Å². The Morgan fingerprint density at radius 2 is 2.24 bits per heavy atom. The van der Waals surface area contributed by atoms with Crippen molar-refractivity contribution in [1.29, 1.82) is 0 Å². The van der Waals surface area contributed by atoms with Gasteiger partial charge in [-0.2, -0.15) is 0 Å². The first-order valence-electron chi connectivity index (χ1n) is 5.67. The molecule has 1 aromatic heterocycles. The van der Waals surface area contributed by atoms with E-state index in [1.807, 2.05) is 29.7 Å². The molecule has 2 rings (SSSR count). The van der Waals surface area contributed by atoms with E-state index in [9.17, 15) is 0 Å². The molecule has 0 aliphatic heterocycles. The van der Waals surface area contributed by atoms with Gasteiger partial charge in [0, 0.05) is 17.9 Å². The Labute approximate surface area is 101 Å². The maximum absolute atomic E-state index is 5.71. The molecule has 3 N–H and O–H groups in total. The van der Waals surface area contributed by atoms with Gasteiger partial charge in [0.2, 0.25) is 0 Å². The van der Waals surface area contributed by atoms with E-state index in [0.29, 0.717) is 6.54 Å². The molecule has 2 aromatic rings. The van der Waals surface area contributed by atoms with Crippen molar-refractivity contribution in [2.75, 3.05) is 11.1 Å². The number of benzene rings is 1. The fraction of sp³-hybridized carbons (Fsp3) is 0.333. The van der Waals surface area contributed by atoms with E-state index in [1.165, 1.54) is 0 Å². The lowest BCUT2D eigenvalue weighted by Crippen LogP contribution is -2.08. The van der Waals surface area contributed by atoms with Gasteiger partial charge in [0.05, 0.1) is 6.54 Å². The number of aromatic nitrogens is 3. The molecule has 0 spiro atoms. The minimum absolute atomic E-state index is 0.665. The highest BCUT2D eigenvalue weighted by molar-refractivity contribution is 5.57. The fourth-order valence-corrected chi connectivity index (χ4v) is 1.74. The van der Waals surface area contributed by atoms with E-state index in [-0.39, 0.29) is 0 Å². The van der Waals surface area contributed by atoms with Crippen LogP contribution in [0.4, 0.5) is 11.4 Å². The molecule has 5 nitrogen and oxygen atoms in total. The zero-order chi connectivity index (χ0) is 12.3. The van der Waals surface area contributed by atoms with Gasteiger partial charge in [-0.25, -0.2) is 0 Å². The molecule has 0 aliphatic carbocycles. The summed E-state index contributed by atoms with van der Waals surface area (Å²) >= 11 is 0. The average Bonchev–Trinajstić information content (AvgIpc) is 2.75. The van der Waals surface area contributed by atoms with Crippen molar-refractivity contribution >= 4 is 11.4 Å². The van der Waals surface area contributed by atoms with Gasteiger partial charge in [-0.1, -0.05) is 0 Å². The Balaban J connectivity index is 2.07. The lowest BCUT2D eigenvalue weighted by molar-refractivity contribution is 0.708. The number of nitrogen functional groups attached to an aromatic ring is 1. The second-order valence-corrected chi connectivity index (χ2v) is 3.96. The molecule has 90 valence electrons. The molecule has 17 heavy (non-hydrogen) atoms. The van der Waals surface area contributed by atoms with Crippen LogP contribution in [0, 0.1) is 6.92 Å². The van der Waals surface area contributed by atoms with Crippen LogP contribution < -0.4 is 11.1 Å². The Morgan fingerprint density at radius 3 is 2.94 bits per heavy atom. The standard InChI is InChI=1S/C12H17N5/c1-3-17-8-15-16-12(17)7-14-11-5-4-10(13)6-9(11)2/h4-6,8,14H,3,7,13H2,1-2H3. The molecule has 0 bridgehead atoms. The molecular formula is C12H17N5. The molecule has 1 heterocycles. The van der Waals surface area contributed by atoms with Crippen molar-refractivity contribution in [2.45, 2.75) is 26.9 Å². The van der Waals surface area contributed by atoms with E-state index >= 15 is 0 Å². The van der Waals surface area contributed by atoms with Crippen molar-refractivity contribution in [3.63, 3.8) is 0 Å². The number of rotatable bonds is 4. The number of aryl methyl sites for hydroxylation is 2. The van der Waals surface area contributed by atoms with Crippen molar-refractivity contribution < 1.29 is 0 Å². The molecular weight excluding hydrogens is 214 g/mol. The van der Waals surface area contributed by atoms with Gasteiger partial charge in [0.25, 0.3) is 0 Å². The summed E-state index contributed by atoms with van der Waals surface area (Å²) in [5.41, 5.74) is 8.70. The monoisotopic (exact) mass is 231 g/mol. The van der Waals surface area contributed by atoms with Gasteiger partial charge in [-0.15, -0.1) is 10.2 Å². The summed E-state index contributed by atoms with van der Waals surface area (Å²) in [5.74, 6) is 0.934. The third-order valence-corrected chi connectivity index (χ3v) is 2.72. The zero-order valence-corrected chi connectivity index (χ0v) is 10.1. The van der Waals surface area contributed by atoms with Crippen molar-refractivity contribution in [2.24, 2.45) is 0 Å². The summed E-state index contributed by atoms with van der Waals surface area (Å²) in [5, 5.41) is 11.3. The van der Waals surface area contributed by atoms with E-state index in [2.05, 4.69) is 22.4 Å². The summed E-state index contributed by atoms with van der Waals surface area (Å²) in [6, 6.07) is 5.82. The van der Waals surface area contributed by atoms with Crippen LogP contribution in [0.1, 0.15) is 18.3 Å². The van der Waals surface area contributed by atoms with Crippen molar-refractivity contribution in [1.82, 2.24) is 14.8 Å². The Bertz CT molecular complexity index is 503. The second-order valence-electron chi connectivity index (χ2n) is 3.96. The Kier molecular flexibility index (Phi) is 3.27. The van der Waals surface area contributed by atoms with Crippen LogP contribution >= 0.6 is 0 Å². The predicted octanol–water partition coefficient (Wildman–Crippen LogP) is 1.80. The van der Waals surface area contributed by atoms with E-state index in [4.69, 9.17) is 5.73 Å². The number of hydrogen-bond acceptors (Lipinski definition) is 4. The van der Waals surface area contributed by atoms with E-state index < -0.39 is 0 Å². The Hall–Kier alpha value is -2.04. The molecule has 0 fully saturated rings. The number of nitrogens with two attached hydrogens (primary N) is 1. The van der Waals surface area contributed by atoms with E-state index in [1.54, 1.807) is 6.33 Å². The predicted molar refractivity (Wildman–Crippen MR) is 68.6 cm³/mol. The highest BCUT2D eigenvalue weighted by Crippen LogP contribution is 2.18. The molecule has 0 unspecified atom stereocenters. The highest BCUT2D eigenvalue weighted by Gasteiger charge is 2.03. The van der Waals surface area contributed by atoms with Crippen LogP contribution in [0.5, 0.6) is 0 Å². The number of nitrogens with zero attached hydrogens (tertiary/aromatic N) is 3. The van der Waals surface area contributed by atoms with Crippen molar-refractivity contribution in [3.8, 4) is 0 Å². The van der Waals surface area contributed by atoms with Gasteiger partial charge < -0.3 is 15.6 Å². The van der Waals surface area contributed by atoms with Crippen LogP contribution in [-0.4, -0.2) is 14.8 Å². The largest absolute Gasteiger partial charge is 0.399 e.